The summed E-state index contributed by atoms with van der Waals surface area (Å²) in [6, 6.07) is 0. The highest BCUT2D eigenvalue weighted by Gasteiger charge is 2.66. The number of fused-ring (bicyclic) bond motifs is 2. The zero-order valence-corrected chi connectivity index (χ0v) is 6.95. The van der Waals surface area contributed by atoms with Gasteiger partial charge in [-0.15, -0.1) is 0 Å². The molecule has 0 aromatic carbocycles. The maximum atomic E-state index is 10.8. The van der Waals surface area contributed by atoms with Gasteiger partial charge >= 0.3 is 11.9 Å². The average molecular weight is 186 g/mol. The van der Waals surface area contributed by atoms with Crippen molar-refractivity contribution in [3.63, 3.8) is 0 Å². The fraction of sp³-hybridized carbons (Fsp3) is 0.750. The first-order chi connectivity index (χ1) is 6.01. The van der Waals surface area contributed by atoms with Gasteiger partial charge in [0.1, 0.15) is 0 Å². The highest BCUT2D eigenvalue weighted by molar-refractivity contribution is 5.84. The molecular formula is C8H10O5. The summed E-state index contributed by atoms with van der Waals surface area (Å²) in [5.74, 6) is -1.88. The van der Waals surface area contributed by atoms with Crippen LogP contribution >= 0.6 is 0 Å². The Hall–Kier alpha value is -1.10. The third kappa shape index (κ3) is 0.904. The van der Waals surface area contributed by atoms with Crippen molar-refractivity contribution in [1.29, 1.82) is 0 Å². The summed E-state index contributed by atoms with van der Waals surface area (Å²) in [6.07, 6.45) is 0.426. The van der Waals surface area contributed by atoms with Crippen LogP contribution in [0, 0.1) is 10.8 Å². The summed E-state index contributed by atoms with van der Waals surface area (Å²) in [6.45, 7) is 0.300. The van der Waals surface area contributed by atoms with E-state index in [0.717, 1.165) is 0 Å². The first-order valence-electron chi connectivity index (χ1n) is 4.05. The Balaban J connectivity index is 2.20. The fourth-order valence-corrected chi connectivity index (χ4v) is 2.32. The molecule has 3 rings (SSSR count). The first-order valence-corrected chi connectivity index (χ1v) is 4.05. The van der Waals surface area contributed by atoms with Crippen LogP contribution in [0.2, 0.25) is 0 Å². The minimum atomic E-state index is -0.941. The average Bonchev–Trinajstić information content (AvgIpc) is 2.02. The van der Waals surface area contributed by atoms with Crippen LogP contribution in [0.15, 0.2) is 0 Å². The lowest BCUT2D eigenvalue weighted by molar-refractivity contribution is -0.220. The molecule has 2 saturated heterocycles. The van der Waals surface area contributed by atoms with E-state index in [1.165, 1.54) is 0 Å². The number of carboxylic acid groups (broad SMARTS) is 2. The predicted octanol–water partition coefficient (Wildman–Crippen LogP) is -0.0476. The number of rotatable bonds is 2. The molecule has 0 spiro atoms. The van der Waals surface area contributed by atoms with Gasteiger partial charge in [-0.05, 0) is 12.8 Å². The van der Waals surface area contributed by atoms with E-state index in [9.17, 15) is 9.59 Å². The number of carboxylic acids is 2. The number of hydrogen-bond acceptors (Lipinski definition) is 3. The molecular weight excluding hydrogens is 176 g/mol. The lowest BCUT2D eigenvalue weighted by Gasteiger charge is -2.54. The molecule has 1 aliphatic carbocycles. The second kappa shape index (κ2) is 2.23. The maximum Gasteiger partial charge on any atom is 0.312 e. The molecule has 2 bridgehead atoms. The van der Waals surface area contributed by atoms with Gasteiger partial charge < -0.3 is 14.9 Å². The summed E-state index contributed by atoms with van der Waals surface area (Å²) < 4.78 is 5.00. The van der Waals surface area contributed by atoms with Gasteiger partial charge in [0.15, 0.2) is 0 Å². The van der Waals surface area contributed by atoms with Gasteiger partial charge in [-0.25, -0.2) is 0 Å². The van der Waals surface area contributed by atoms with Gasteiger partial charge in [0.25, 0.3) is 0 Å². The van der Waals surface area contributed by atoms with Gasteiger partial charge in [0, 0.05) is 0 Å². The molecule has 1 saturated carbocycles. The Bertz CT molecular complexity index is 250. The topological polar surface area (TPSA) is 83.8 Å². The fourth-order valence-electron chi connectivity index (χ4n) is 2.32. The number of hydrogen-bond donors (Lipinski definition) is 2. The van der Waals surface area contributed by atoms with Crippen LogP contribution in [0.5, 0.6) is 0 Å². The smallest absolute Gasteiger partial charge is 0.312 e. The quantitative estimate of drug-likeness (QED) is 0.631. The molecule has 0 aromatic rings. The summed E-state index contributed by atoms with van der Waals surface area (Å²) in [5.41, 5.74) is -1.84. The van der Waals surface area contributed by atoms with Crippen molar-refractivity contribution < 1.29 is 24.5 Å². The Labute approximate surface area is 74.3 Å². The molecule has 2 heterocycles. The molecule has 2 aliphatic heterocycles. The monoisotopic (exact) mass is 186 g/mol. The second-order valence-corrected chi connectivity index (χ2v) is 4.02. The van der Waals surface area contributed by atoms with Crippen LogP contribution in [0.25, 0.3) is 0 Å². The van der Waals surface area contributed by atoms with E-state index < -0.39 is 22.8 Å². The molecule has 3 aliphatic rings. The maximum absolute atomic E-state index is 10.8. The van der Waals surface area contributed by atoms with Gasteiger partial charge in [-0.2, -0.15) is 0 Å². The van der Waals surface area contributed by atoms with Crippen molar-refractivity contribution in [1.82, 2.24) is 0 Å². The SMILES string of the molecule is O=C(O)C12COCC(C(=O)O)(C1)C2. The van der Waals surface area contributed by atoms with Crippen molar-refractivity contribution >= 4 is 11.9 Å². The Morgan fingerprint density at radius 3 is 1.69 bits per heavy atom. The van der Waals surface area contributed by atoms with E-state index in [4.69, 9.17) is 14.9 Å². The molecule has 2 N–H and O–H groups in total. The lowest BCUT2D eigenvalue weighted by Crippen LogP contribution is -2.63. The van der Waals surface area contributed by atoms with E-state index in [1.807, 2.05) is 0 Å². The molecule has 3 fully saturated rings. The highest BCUT2D eigenvalue weighted by Crippen LogP contribution is 2.58. The molecule has 5 heteroatoms. The normalized spacial score (nSPS) is 42.2. The van der Waals surface area contributed by atoms with Gasteiger partial charge in [0.2, 0.25) is 0 Å². The molecule has 72 valence electrons. The third-order valence-electron chi connectivity index (χ3n) is 3.02. The van der Waals surface area contributed by atoms with E-state index in [-0.39, 0.29) is 26.1 Å². The van der Waals surface area contributed by atoms with Crippen molar-refractivity contribution in [2.75, 3.05) is 13.2 Å². The summed E-state index contributed by atoms with van der Waals surface area (Å²) in [5, 5.41) is 17.7. The minimum absolute atomic E-state index is 0.150. The van der Waals surface area contributed by atoms with Crippen molar-refractivity contribution in [2.45, 2.75) is 12.8 Å². The lowest BCUT2D eigenvalue weighted by atomic mass is 9.51. The Morgan fingerprint density at radius 2 is 1.38 bits per heavy atom. The third-order valence-corrected chi connectivity index (χ3v) is 3.02. The second-order valence-electron chi connectivity index (χ2n) is 4.02. The van der Waals surface area contributed by atoms with Gasteiger partial charge in [-0.3, -0.25) is 9.59 Å². The van der Waals surface area contributed by atoms with E-state index in [0.29, 0.717) is 0 Å². The molecule has 0 amide bonds. The molecule has 13 heavy (non-hydrogen) atoms. The summed E-state index contributed by atoms with van der Waals surface area (Å²) >= 11 is 0. The van der Waals surface area contributed by atoms with E-state index in [1.54, 1.807) is 0 Å². The number of ether oxygens (including phenoxy) is 1. The van der Waals surface area contributed by atoms with Gasteiger partial charge in [0.05, 0.1) is 24.0 Å². The van der Waals surface area contributed by atoms with Gasteiger partial charge in [-0.1, -0.05) is 0 Å². The number of carbonyl (C=O) groups is 2. The van der Waals surface area contributed by atoms with Crippen LogP contribution in [-0.4, -0.2) is 35.4 Å². The molecule has 0 unspecified atom stereocenters. The predicted molar refractivity (Wildman–Crippen MR) is 40.2 cm³/mol. The minimum Gasteiger partial charge on any atom is -0.481 e. The summed E-state index contributed by atoms with van der Waals surface area (Å²) in [4.78, 5) is 21.6. The Kier molecular flexibility index (Phi) is 1.46. The number of aliphatic carboxylic acids is 2. The van der Waals surface area contributed by atoms with Crippen LogP contribution in [-0.2, 0) is 14.3 Å². The van der Waals surface area contributed by atoms with Crippen molar-refractivity contribution in [2.24, 2.45) is 10.8 Å². The van der Waals surface area contributed by atoms with Crippen molar-refractivity contribution in [3.05, 3.63) is 0 Å². The molecule has 5 nitrogen and oxygen atoms in total. The van der Waals surface area contributed by atoms with Crippen LogP contribution in [0.3, 0.4) is 0 Å². The molecule has 0 aromatic heterocycles. The zero-order valence-electron chi connectivity index (χ0n) is 6.95. The van der Waals surface area contributed by atoms with E-state index >= 15 is 0 Å². The Morgan fingerprint density at radius 1 is 1.00 bits per heavy atom. The standard InChI is InChI=1S/C8H10O5/c9-5(10)7-1-8(2-7,6(11)12)4-13-3-7/h1-4H2,(H,9,10)(H,11,12). The largest absolute Gasteiger partial charge is 0.481 e. The zero-order chi connectivity index (χ0) is 9.69. The van der Waals surface area contributed by atoms with E-state index in [2.05, 4.69) is 0 Å². The highest BCUT2D eigenvalue weighted by atomic mass is 16.5. The first kappa shape index (κ1) is 8.50. The van der Waals surface area contributed by atoms with Crippen LogP contribution < -0.4 is 0 Å². The molecule has 0 radical (unpaired) electrons. The summed E-state index contributed by atoms with van der Waals surface area (Å²) in [7, 11) is 0. The molecule has 0 atom stereocenters. The van der Waals surface area contributed by atoms with Crippen LogP contribution in [0.4, 0.5) is 0 Å². The van der Waals surface area contributed by atoms with Crippen molar-refractivity contribution in [3.8, 4) is 0 Å². The van der Waals surface area contributed by atoms with Crippen LogP contribution in [0.1, 0.15) is 12.8 Å².